The average molecular weight is 438 g/mol. The Hall–Kier alpha value is -3.40. The van der Waals surface area contributed by atoms with E-state index in [2.05, 4.69) is 25.5 Å². The van der Waals surface area contributed by atoms with Crippen LogP contribution in [0.3, 0.4) is 0 Å². The molecule has 1 N–H and O–H groups in total. The first-order valence-corrected chi connectivity index (χ1v) is 10.8. The number of hydrogen-bond donors (Lipinski definition) is 1. The Morgan fingerprint density at radius 3 is 2.61 bits per heavy atom. The van der Waals surface area contributed by atoms with E-state index in [1.807, 2.05) is 17.5 Å². The summed E-state index contributed by atoms with van der Waals surface area (Å²) in [7, 11) is 0. The molecule has 1 fully saturated rings. The summed E-state index contributed by atoms with van der Waals surface area (Å²) in [4.78, 5) is 22.9. The van der Waals surface area contributed by atoms with Crippen molar-refractivity contribution in [3.63, 3.8) is 0 Å². The Bertz CT molecular complexity index is 1210. The summed E-state index contributed by atoms with van der Waals surface area (Å²) in [5.74, 6) is 0.712. The molecule has 1 aliphatic carbocycles. The minimum absolute atomic E-state index is 0.0271. The van der Waals surface area contributed by atoms with Crippen molar-refractivity contribution in [2.24, 2.45) is 0 Å². The fourth-order valence-corrected chi connectivity index (χ4v) is 4.58. The Morgan fingerprint density at radius 1 is 1.19 bits per heavy atom. The molecule has 0 atom stereocenters. The molecule has 0 bridgehead atoms. The average Bonchev–Trinajstić information content (AvgIpc) is 3.55. The number of halogens is 1. The van der Waals surface area contributed by atoms with Crippen LogP contribution in [0.1, 0.15) is 48.0 Å². The van der Waals surface area contributed by atoms with Gasteiger partial charge >= 0.3 is 0 Å². The highest BCUT2D eigenvalue weighted by Crippen LogP contribution is 2.37. The number of carbonyl (C=O) groups excluding carboxylic acids is 1. The molecule has 0 radical (unpaired) electrons. The van der Waals surface area contributed by atoms with Crippen LogP contribution in [0.4, 0.5) is 4.39 Å². The molecule has 4 aromatic rings. The molecule has 1 aromatic carbocycles. The van der Waals surface area contributed by atoms with Crippen molar-refractivity contribution in [3.8, 4) is 16.4 Å². The fourth-order valence-electron chi connectivity index (χ4n) is 3.89. The van der Waals surface area contributed by atoms with Crippen LogP contribution in [0.2, 0.25) is 0 Å². The Balaban J connectivity index is 1.52. The zero-order chi connectivity index (χ0) is 21.4. The minimum Gasteiger partial charge on any atom is -0.340 e. The lowest BCUT2D eigenvalue weighted by atomic mass is 9.96. The third-order valence-electron chi connectivity index (χ3n) is 5.39. The molecule has 0 unspecified atom stereocenters. The van der Waals surface area contributed by atoms with Crippen LogP contribution in [0.5, 0.6) is 0 Å². The molecule has 158 valence electrons. The Labute approximate surface area is 181 Å². The van der Waals surface area contributed by atoms with Gasteiger partial charge in [0.2, 0.25) is 11.7 Å². The van der Waals surface area contributed by atoms with Gasteiger partial charge in [-0.15, -0.1) is 16.4 Å². The van der Waals surface area contributed by atoms with Gasteiger partial charge in [-0.1, -0.05) is 24.1 Å². The van der Waals surface area contributed by atoms with E-state index in [4.69, 9.17) is 4.52 Å². The van der Waals surface area contributed by atoms with Crippen molar-refractivity contribution < 1.29 is 13.7 Å². The highest BCUT2D eigenvalue weighted by atomic mass is 32.1. The SMILES string of the molecule is Cc1nc(C2(NC(=O)c3nc(-c4cccs4)n(-c4ccc(F)cc4)n3)CCCC2)no1. The number of nitrogens with one attached hydrogen (secondary N) is 1. The van der Waals surface area contributed by atoms with E-state index < -0.39 is 11.4 Å². The highest BCUT2D eigenvalue weighted by Gasteiger charge is 2.42. The lowest BCUT2D eigenvalue weighted by molar-refractivity contribution is 0.0881. The van der Waals surface area contributed by atoms with Crippen molar-refractivity contribution in [1.29, 1.82) is 0 Å². The second kappa shape index (κ2) is 7.69. The second-order valence-corrected chi connectivity index (χ2v) is 8.45. The molecule has 10 heteroatoms. The largest absolute Gasteiger partial charge is 0.340 e. The van der Waals surface area contributed by atoms with E-state index in [0.717, 1.165) is 17.7 Å². The van der Waals surface area contributed by atoms with Gasteiger partial charge in [-0.05, 0) is 48.6 Å². The third kappa shape index (κ3) is 3.63. The maximum Gasteiger partial charge on any atom is 0.291 e. The molecule has 3 heterocycles. The summed E-state index contributed by atoms with van der Waals surface area (Å²) in [6.45, 7) is 1.72. The number of nitrogens with zero attached hydrogens (tertiary/aromatic N) is 5. The van der Waals surface area contributed by atoms with Gasteiger partial charge in [0.05, 0.1) is 10.6 Å². The number of hydrogen-bond acceptors (Lipinski definition) is 7. The number of carbonyl (C=O) groups is 1. The van der Waals surface area contributed by atoms with Gasteiger partial charge in [-0.3, -0.25) is 4.79 Å². The van der Waals surface area contributed by atoms with E-state index in [1.165, 1.54) is 23.5 Å². The van der Waals surface area contributed by atoms with Crippen LogP contribution in [-0.4, -0.2) is 30.8 Å². The molecular weight excluding hydrogens is 419 g/mol. The zero-order valence-corrected chi connectivity index (χ0v) is 17.5. The second-order valence-electron chi connectivity index (χ2n) is 7.50. The summed E-state index contributed by atoms with van der Waals surface area (Å²) in [6.07, 6.45) is 3.33. The Kier molecular flexibility index (Phi) is 4.85. The zero-order valence-electron chi connectivity index (χ0n) is 16.7. The summed E-state index contributed by atoms with van der Waals surface area (Å²) in [5.41, 5.74) is -0.0834. The summed E-state index contributed by atoms with van der Waals surface area (Å²) < 4.78 is 20.1. The topological polar surface area (TPSA) is 98.7 Å². The maximum absolute atomic E-state index is 13.4. The van der Waals surface area contributed by atoms with Gasteiger partial charge < -0.3 is 9.84 Å². The normalized spacial score (nSPS) is 15.3. The van der Waals surface area contributed by atoms with Crippen molar-refractivity contribution in [2.75, 3.05) is 0 Å². The monoisotopic (exact) mass is 438 g/mol. The summed E-state index contributed by atoms with van der Waals surface area (Å²) in [5, 5.41) is 13.5. The lowest BCUT2D eigenvalue weighted by Crippen LogP contribution is -2.45. The van der Waals surface area contributed by atoms with Crippen LogP contribution in [0.15, 0.2) is 46.3 Å². The summed E-state index contributed by atoms with van der Waals surface area (Å²) in [6, 6.07) is 9.70. The molecule has 0 saturated heterocycles. The van der Waals surface area contributed by atoms with Gasteiger partial charge in [0.1, 0.15) is 11.4 Å². The minimum atomic E-state index is -0.695. The number of amides is 1. The molecular formula is C21H19FN6O2S. The van der Waals surface area contributed by atoms with E-state index in [1.54, 1.807) is 23.7 Å². The molecule has 8 nitrogen and oxygen atoms in total. The Morgan fingerprint density at radius 2 is 1.97 bits per heavy atom. The van der Waals surface area contributed by atoms with E-state index in [0.29, 0.717) is 36.1 Å². The smallest absolute Gasteiger partial charge is 0.291 e. The van der Waals surface area contributed by atoms with Crippen LogP contribution in [0, 0.1) is 12.7 Å². The first-order valence-electron chi connectivity index (χ1n) is 9.94. The first-order chi connectivity index (χ1) is 15.0. The highest BCUT2D eigenvalue weighted by molar-refractivity contribution is 7.13. The quantitative estimate of drug-likeness (QED) is 0.505. The van der Waals surface area contributed by atoms with Gasteiger partial charge in [0, 0.05) is 6.92 Å². The molecule has 0 aliphatic heterocycles. The van der Waals surface area contributed by atoms with E-state index in [9.17, 15) is 9.18 Å². The molecule has 1 saturated carbocycles. The van der Waals surface area contributed by atoms with Crippen LogP contribution >= 0.6 is 11.3 Å². The molecule has 31 heavy (non-hydrogen) atoms. The van der Waals surface area contributed by atoms with Gasteiger partial charge in [0.15, 0.2) is 11.6 Å². The molecule has 1 amide bonds. The molecule has 1 aliphatic rings. The van der Waals surface area contributed by atoms with Gasteiger partial charge in [-0.25, -0.2) is 14.1 Å². The van der Waals surface area contributed by atoms with Crippen molar-refractivity contribution in [3.05, 3.63) is 65.1 Å². The predicted octanol–water partition coefficient (Wildman–Crippen LogP) is 4.03. The standard InChI is InChI=1S/C21H19FN6O2S/c1-13-23-20(27-30-13)21(10-2-3-11-21)25-19(29)17-24-18(16-5-4-12-31-16)28(26-17)15-8-6-14(22)7-9-15/h4-9,12H,2-3,10-11H2,1H3,(H,25,29). The molecule has 5 rings (SSSR count). The number of aryl methyl sites for hydroxylation is 1. The lowest BCUT2D eigenvalue weighted by Gasteiger charge is -2.25. The fraction of sp³-hybridized carbons (Fsp3) is 0.286. The summed E-state index contributed by atoms with van der Waals surface area (Å²) >= 11 is 1.48. The van der Waals surface area contributed by atoms with Crippen molar-refractivity contribution in [2.45, 2.75) is 38.1 Å². The first kappa shape index (κ1) is 19.6. The number of benzene rings is 1. The van der Waals surface area contributed by atoms with Crippen LogP contribution in [0.25, 0.3) is 16.4 Å². The maximum atomic E-state index is 13.4. The number of rotatable bonds is 5. The number of thiophene rings is 1. The predicted molar refractivity (Wildman–Crippen MR) is 111 cm³/mol. The van der Waals surface area contributed by atoms with Gasteiger partial charge in [-0.2, -0.15) is 4.98 Å². The third-order valence-corrected chi connectivity index (χ3v) is 6.25. The van der Waals surface area contributed by atoms with E-state index >= 15 is 0 Å². The van der Waals surface area contributed by atoms with Gasteiger partial charge in [0.25, 0.3) is 5.91 Å². The molecule has 0 spiro atoms. The van der Waals surface area contributed by atoms with Crippen molar-refractivity contribution >= 4 is 17.2 Å². The molecule has 3 aromatic heterocycles. The van der Waals surface area contributed by atoms with Crippen LogP contribution in [-0.2, 0) is 5.54 Å². The van der Waals surface area contributed by atoms with E-state index in [-0.39, 0.29) is 11.6 Å². The number of aromatic nitrogens is 5. The van der Waals surface area contributed by atoms with Crippen LogP contribution < -0.4 is 5.32 Å². The van der Waals surface area contributed by atoms with Crippen molar-refractivity contribution in [1.82, 2.24) is 30.2 Å².